The first-order chi connectivity index (χ1) is 2.27. The smallest absolute Gasteiger partial charge is 0.240 e. The van der Waals surface area contributed by atoms with Crippen molar-refractivity contribution in [3.63, 3.8) is 0 Å². The van der Waals surface area contributed by atoms with E-state index < -0.39 is 5.91 Å². The van der Waals surface area contributed by atoms with Gasteiger partial charge in [-0.3, -0.25) is 4.79 Å². The van der Waals surface area contributed by atoms with Crippen LogP contribution in [0.25, 0.3) is 0 Å². The third kappa shape index (κ3) is 9.29. The molecule has 0 saturated carbocycles. The van der Waals surface area contributed by atoms with E-state index in [-0.39, 0.29) is 17.1 Å². The van der Waals surface area contributed by atoms with E-state index in [4.69, 9.17) is 0 Å². The fraction of sp³-hybridized carbons (Fsp3) is 0. The molecule has 0 aromatic rings. The molecule has 0 aliphatic heterocycles. The van der Waals surface area contributed by atoms with Gasteiger partial charge in [0.2, 0.25) is 5.91 Å². The summed E-state index contributed by atoms with van der Waals surface area (Å²) >= 11 is 0. The van der Waals surface area contributed by atoms with Crippen molar-refractivity contribution < 1.29 is 21.9 Å². The van der Waals surface area contributed by atoms with E-state index in [1.54, 1.807) is 0 Å². The van der Waals surface area contributed by atoms with Crippen molar-refractivity contribution in [2.45, 2.75) is 0 Å². The molecule has 0 spiro atoms. The molecule has 0 atom stereocenters. The van der Waals surface area contributed by atoms with Gasteiger partial charge in [-0.1, -0.05) is 6.58 Å². The van der Waals surface area contributed by atoms with Gasteiger partial charge in [0.05, 0.1) is 0 Å². The van der Waals surface area contributed by atoms with E-state index in [9.17, 15) is 4.79 Å². The molecule has 36 valence electrons. The maximum absolute atomic E-state index is 9.47. The first-order valence-corrected chi connectivity index (χ1v) is 1.19. The van der Waals surface area contributed by atoms with Gasteiger partial charge in [-0.05, 0) is 6.08 Å². The minimum atomic E-state index is -0.481. The second-order valence-corrected chi connectivity index (χ2v) is 0.606. The van der Waals surface area contributed by atoms with Crippen molar-refractivity contribution in [2.75, 3.05) is 0 Å². The van der Waals surface area contributed by atoms with Gasteiger partial charge in [-0.15, -0.1) is 0 Å². The molecule has 0 aliphatic rings. The Labute approximate surface area is 46.9 Å². The van der Waals surface area contributed by atoms with E-state index in [0.29, 0.717) is 0 Å². The molecular weight excluding hydrogens is 122 g/mol. The Morgan fingerprint density at radius 2 is 2.00 bits per heavy atom. The van der Waals surface area contributed by atoms with E-state index in [2.05, 4.69) is 12.3 Å². The summed E-state index contributed by atoms with van der Waals surface area (Å²) in [7, 11) is 0. The number of rotatable bonds is 1. The van der Waals surface area contributed by atoms with Gasteiger partial charge in [0.1, 0.15) is 0 Å². The number of primary amides is 1. The molecule has 2 N–H and O–H groups in total. The van der Waals surface area contributed by atoms with Crippen molar-refractivity contribution in [3.05, 3.63) is 12.7 Å². The van der Waals surface area contributed by atoms with Crippen LogP contribution in [-0.2, 0) is 21.9 Å². The van der Waals surface area contributed by atoms with Crippen LogP contribution in [0.15, 0.2) is 12.7 Å². The number of carbonyl (C=O) groups is 1. The van der Waals surface area contributed by atoms with Crippen LogP contribution in [0.3, 0.4) is 0 Å². The Hall–Kier alpha value is -0.271. The van der Waals surface area contributed by atoms with Crippen LogP contribution in [0.1, 0.15) is 0 Å². The van der Waals surface area contributed by atoms with E-state index >= 15 is 0 Å². The molecule has 2 nitrogen and oxygen atoms in total. The average Bonchev–Trinajstić information content (AvgIpc) is 1.38. The molecule has 0 fully saturated rings. The summed E-state index contributed by atoms with van der Waals surface area (Å²) in [5.74, 6) is -0.481. The summed E-state index contributed by atoms with van der Waals surface area (Å²) in [6, 6.07) is 0. The van der Waals surface area contributed by atoms with Crippen LogP contribution in [0.2, 0.25) is 0 Å². The summed E-state index contributed by atoms with van der Waals surface area (Å²) in [4.78, 5) is 9.47. The molecule has 1 amide bonds. The molecule has 0 unspecified atom stereocenters. The average molecular weight is 127 g/mol. The van der Waals surface area contributed by atoms with Crippen molar-refractivity contribution in [2.24, 2.45) is 5.73 Å². The maximum Gasteiger partial charge on any atom is 0.240 e. The minimum Gasteiger partial charge on any atom is -0.366 e. The predicted octanol–water partition coefficient (Wildman–Crippen LogP) is -0.345. The molecule has 0 aromatic carbocycles. The van der Waals surface area contributed by atoms with Crippen LogP contribution in [0, 0.1) is 0 Å². The number of nitrogens with two attached hydrogens (primary N) is 1. The third-order valence-electron chi connectivity index (χ3n) is 0.201. The molecule has 0 heterocycles. The number of hydrogen-bond donors (Lipinski definition) is 1. The van der Waals surface area contributed by atoms with Crippen molar-refractivity contribution >= 4 is 5.91 Å². The minimum absolute atomic E-state index is 0. The molecule has 0 rings (SSSR count). The van der Waals surface area contributed by atoms with Gasteiger partial charge in [0, 0.05) is 17.1 Å². The quantitative estimate of drug-likeness (QED) is 0.379. The Bertz CT molecular complexity index is 61.8. The Morgan fingerprint density at radius 1 is 1.83 bits per heavy atom. The SMILES string of the molecule is C=CC(N)=O.[Fe]. The molecule has 3 heteroatoms. The fourth-order valence-corrected chi connectivity index (χ4v) is 0. The number of carbonyl (C=O) groups excluding carboxylic acids is 1. The molecular formula is C3H5FeNO. The fourth-order valence-electron chi connectivity index (χ4n) is 0. The van der Waals surface area contributed by atoms with Gasteiger partial charge >= 0.3 is 0 Å². The van der Waals surface area contributed by atoms with Crippen LogP contribution in [-0.4, -0.2) is 5.91 Å². The van der Waals surface area contributed by atoms with Crippen LogP contribution in [0.5, 0.6) is 0 Å². The van der Waals surface area contributed by atoms with Gasteiger partial charge < -0.3 is 5.73 Å². The first-order valence-electron chi connectivity index (χ1n) is 1.19. The topological polar surface area (TPSA) is 43.1 Å². The summed E-state index contributed by atoms with van der Waals surface area (Å²) in [5.41, 5.74) is 4.53. The monoisotopic (exact) mass is 127 g/mol. The largest absolute Gasteiger partial charge is 0.366 e. The van der Waals surface area contributed by atoms with E-state index in [1.807, 2.05) is 0 Å². The zero-order valence-corrected chi connectivity index (χ0v) is 4.23. The maximum atomic E-state index is 9.47. The Balaban J connectivity index is 0. The van der Waals surface area contributed by atoms with Crippen LogP contribution in [0.4, 0.5) is 0 Å². The van der Waals surface area contributed by atoms with E-state index in [1.165, 1.54) is 0 Å². The summed E-state index contributed by atoms with van der Waals surface area (Å²) < 4.78 is 0. The number of amides is 1. The Morgan fingerprint density at radius 3 is 2.00 bits per heavy atom. The standard InChI is InChI=1S/C3H5NO.Fe/c1-2-3(4)5;/h2H,1H2,(H2,4,5);. The molecule has 0 radical (unpaired) electrons. The number of hydrogen-bond acceptors (Lipinski definition) is 1. The summed E-state index contributed by atoms with van der Waals surface area (Å²) in [6.45, 7) is 3.09. The van der Waals surface area contributed by atoms with Crippen molar-refractivity contribution in [3.8, 4) is 0 Å². The normalized spacial score (nSPS) is 5.33. The van der Waals surface area contributed by atoms with Crippen molar-refractivity contribution in [1.29, 1.82) is 0 Å². The van der Waals surface area contributed by atoms with Gasteiger partial charge in [-0.25, -0.2) is 0 Å². The zero-order valence-electron chi connectivity index (χ0n) is 3.12. The second-order valence-electron chi connectivity index (χ2n) is 0.606. The molecule has 6 heavy (non-hydrogen) atoms. The van der Waals surface area contributed by atoms with Crippen LogP contribution >= 0.6 is 0 Å². The molecule has 0 bridgehead atoms. The molecule has 0 saturated heterocycles. The third-order valence-corrected chi connectivity index (χ3v) is 0.201. The van der Waals surface area contributed by atoms with Gasteiger partial charge in [0.25, 0.3) is 0 Å². The van der Waals surface area contributed by atoms with Gasteiger partial charge in [0.15, 0.2) is 0 Å². The van der Waals surface area contributed by atoms with E-state index in [0.717, 1.165) is 6.08 Å². The zero-order chi connectivity index (χ0) is 4.28. The second kappa shape index (κ2) is 4.73. The Kier molecular flexibility index (Phi) is 7.26. The first kappa shape index (κ1) is 9.21. The van der Waals surface area contributed by atoms with Gasteiger partial charge in [-0.2, -0.15) is 0 Å². The summed E-state index contributed by atoms with van der Waals surface area (Å²) in [5, 5.41) is 0. The van der Waals surface area contributed by atoms with Crippen LogP contribution < -0.4 is 5.73 Å². The predicted molar refractivity (Wildman–Crippen MR) is 19.4 cm³/mol. The van der Waals surface area contributed by atoms with Crippen molar-refractivity contribution in [1.82, 2.24) is 0 Å². The molecule has 0 aromatic heterocycles. The summed E-state index contributed by atoms with van der Waals surface area (Å²) in [6.07, 6.45) is 1.06. The molecule has 0 aliphatic carbocycles.